The van der Waals surface area contributed by atoms with Crippen LogP contribution in [0.1, 0.15) is 29.0 Å². The van der Waals surface area contributed by atoms with Gasteiger partial charge in [0.05, 0.1) is 6.42 Å². The molecule has 1 aliphatic rings. The number of amides is 2. The number of hydrogen-bond acceptors (Lipinski definition) is 4. The predicted octanol–water partition coefficient (Wildman–Crippen LogP) is 5.28. The van der Waals surface area contributed by atoms with E-state index in [0.717, 1.165) is 23.2 Å². The molecular weight excluding hydrogens is 509 g/mol. The Balaban J connectivity index is 1.24. The minimum Gasteiger partial charge on any atom is -0.452 e. The highest BCUT2D eigenvalue weighted by atomic mass is 28.4. The summed E-state index contributed by atoms with van der Waals surface area (Å²) in [6.07, 6.45) is 0.684. The summed E-state index contributed by atoms with van der Waals surface area (Å²) in [6, 6.07) is 25.6. The maximum absolute atomic E-state index is 12.5. The number of benzene rings is 3. The molecule has 8 heteroatoms. The normalized spacial score (nSPS) is 13.1. The third-order valence-electron chi connectivity index (χ3n) is 7.10. The van der Waals surface area contributed by atoms with Crippen molar-refractivity contribution < 1.29 is 18.4 Å². The Morgan fingerprint density at radius 2 is 1.53 bits per heavy atom. The van der Waals surface area contributed by atoms with Gasteiger partial charge in [0.2, 0.25) is 14.2 Å². The molecule has 6 nitrogen and oxygen atoms in total. The Hall–Kier alpha value is -3.21. The van der Waals surface area contributed by atoms with Crippen LogP contribution in [0, 0.1) is 0 Å². The van der Waals surface area contributed by atoms with Crippen molar-refractivity contribution in [2.45, 2.75) is 51.0 Å². The largest absolute Gasteiger partial charge is 0.452 e. The molecule has 0 saturated heterocycles. The van der Waals surface area contributed by atoms with E-state index in [0.29, 0.717) is 13.2 Å². The molecule has 2 amide bonds. The van der Waals surface area contributed by atoms with Gasteiger partial charge in [-0.2, -0.15) is 0 Å². The van der Waals surface area contributed by atoms with Gasteiger partial charge in [-0.15, -0.1) is 0 Å². The summed E-state index contributed by atoms with van der Waals surface area (Å²) in [7, 11) is -4.15. The maximum Gasteiger partial charge on any atom is 0.407 e. The fourth-order valence-electron chi connectivity index (χ4n) is 5.41. The van der Waals surface area contributed by atoms with Gasteiger partial charge in [-0.25, -0.2) is 4.79 Å². The fourth-order valence-corrected chi connectivity index (χ4v) is 13.9. The molecule has 0 atom stereocenters. The lowest BCUT2D eigenvalue weighted by Crippen LogP contribution is -2.52. The highest BCUT2D eigenvalue weighted by Gasteiger charge is 2.34. The van der Waals surface area contributed by atoms with Crippen molar-refractivity contribution in [1.82, 2.24) is 5.32 Å². The summed E-state index contributed by atoms with van der Waals surface area (Å²) >= 11 is 0. The van der Waals surface area contributed by atoms with E-state index < -0.39 is 16.6 Å². The van der Waals surface area contributed by atoms with Crippen molar-refractivity contribution in [2.75, 3.05) is 13.2 Å². The Labute approximate surface area is 227 Å². The quantitative estimate of drug-likeness (QED) is 0.253. The van der Waals surface area contributed by atoms with Crippen LogP contribution in [0.4, 0.5) is 4.79 Å². The van der Waals surface area contributed by atoms with Crippen LogP contribution >= 0.6 is 0 Å². The van der Waals surface area contributed by atoms with Gasteiger partial charge in [0.25, 0.3) is 0 Å². The van der Waals surface area contributed by atoms with Gasteiger partial charge >= 0.3 is 6.09 Å². The van der Waals surface area contributed by atoms with E-state index in [1.807, 2.05) is 36.4 Å². The molecule has 0 unspecified atom stereocenters. The smallest absolute Gasteiger partial charge is 0.407 e. The number of carbonyl (C=O) groups is 2. The van der Waals surface area contributed by atoms with Crippen LogP contribution in [0.5, 0.6) is 0 Å². The average Bonchev–Trinajstić information content (AvgIpc) is 3.18. The van der Waals surface area contributed by atoms with Crippen LogP contribution in [0.3, 0.4) is 0 Å². The van der Waals surface area contributed by atoms with Crippen LogP contribution in [0.15, 0.2) is 72.8 Å². The molecule has 0 fully saturated rings. The van der Waals surface area contributed by atoms with Crippen molar-refractivity contribution in [3.63, 3.8) is 0 Å². The van der Waals surface area contributed by atoms with Crippen molar-refractivity contribution in [3.05, 3.63) is 89.5 Å². The Morgan fingerprint density at radius 1 is 0.895 bits per heavy atom. The monoisotopic (exact) mass is 546 g/mol. The zero-order valence-corrected chi connectivity index (χ0v) is 24.8. The highest BCUT2D eigenvalue weighted by molar-refractivity contribution is 6.92. The number of ether oxygens (including phenoxy) is 1. The lowest BCUT2D eigenvalue weighted by Gasteiger charge is -2.34. The number of nitrogens with two attached hydrogens (primary N) is 1. The molecule has 38 heavy (non-hydrogen) atoms. The molecule has 0 heterocycles. The van der Waals surface area contributed by atoms with E-state index in [1.54, 1.807) is 0 Å². The molecule has 200 valence electrons. The Bertz CT molecular complexity index is 1260. The number of hydrogen-bond donors (Lipinski definition) is 2. The molecule has 3 N–H and O–H groups in total. The molecule has 0 bridgehead atoms. The van der Waals surface area contributed by atoms with E-state index >= 15 is 0 Å². The van der Waals surface area contributed by atoms with E-state index in [4.69, 9.17) is 14.6 Å². The minimum absolute atomic E-state index is 0.0570. The highest BCUT2D eigenvalue weighted by Crippen LogP contribution is 2.44. The summed E-state index contributed by atoms with van der Waals surface area (Å²) in [4.78, 5) is 23.8. The number of alkyl carbamates (subject to hydrolysis) is 1. The number of carbonyl (C=O) groups excluding carboxylic acids is 2. The first-order chi connectivity index (χ1) is 18.1. The summed E-state index contributed by atoms with van der Waals surface area (Å²) in [5.74, 6) is -0.275. The first-order valence-electron chi connectivity index (χ1n) is 13.2. The fraction of sp³-hybridized carbons (Fsp3) is 0.333. The van der Waals surface area contributed by atoms with E-state index in [2.05, 4.69) is 67.9 Å². The van der Waals surface area contributed by atoms with Crippen LogP contribution < -0.4 is 16.2 Å². The van der Waals surface area contributed by atoms with Gasteiger partial charge in [0.1, 0.15) is 6.61 Å². The van der Waals surface area contributed by atoms with Crippen LogP contribution in [-0.4, -0.2) is 41.8 Å². The first-order valence-corrected chi connectivity index (χ1v) is 19.2. The van der Waals surface area contributed by atoms with Gasteiger partial charge in [-0.3, -0.25) is 4.79 Å². The van der Waals surface area contributed by atoms with E-state index in [9.17, 15) is 9.59 Å². The zero-order valence-electron chi connectivity index (χ0n) is 22.8. The SMILES string of the molecule is C[Si](C)(CCCNC(=O)OCC1c2ccccc2-c2ccccc21)O[Si](C)(C)c1cccc(CC(N)=O)c1. The molecule has 0 radical (unpaired) electrons. The molecular formula is C30H38N2O4Si2. The second-order valence-corrected chi connectivity index (χ2v) is 19.5. The molecule has 4 rings (SSSR count). The topological polar surface area (TPSA) is 90.7 Å². The van der Waals surface area contributed by atoms with Gasteiger partial charge < -0.3 is 19.9 Å². The minimum atomic E-state index is -2.17. The molecule has 0 aromatic heterocycles. The van der Waals surface area contributed by atoms with Crippen molar-refractivity contribution in [1.29, 1.82) is 0 Å². The molecule has 0 saturated carbocycles. The molecule has 3 aromatic carbocycles. The Kier molecular flexibility index (Phi) is 8.55. The molecule has 1 aliphatic carbocycles. The van der Waals surface area contributed by atoms with Crippen molar-refractivity contribution in [2.24, 2.45) is 5.73 Å². The molecule has 0 aliphatic heterocycles. The molecule has 0 spiro atoms. The second kappa shape index (κ2) is 11.7. The van der Waals surface area contributed by atoms with Gasteiger partial charge in [0, 0.05) is 12.5 Å². The number of primary amides is 1. The Morgan fingerprint density at radius 3 is 2.16 bits per heavy atom. The van der Waals surface area contributed by atoms with Gasteiger partial charge in [0.15, 0.2) is 8.32 Å². The van der Waals surface area contributed by atoms with E-state index in [1.165, 1.54) is 22.3 Å². The number of rotatable bonds is 11. The van der Waals surface area contributed by atoms with Gasteiger partial charge in [-0.05, 0) is 71.7 Å². The lowest BCUT2D eigenvalue weighted by atomic mass is 9.98. The van der Waals surface area contributed by atoms with Gasteiger partial charge in [-0.1, -0.05) is 72.8 Å². The number of fused-ring (bicyclic) bond motifs is 3. The van der Waals surface area contributed by atoms with Crippen LogP contribution in [0.25, 0.3) is 11.1 Å². The van der Waals surface area contributed by atoms with E-state index in [-0.39, 0.29) is 24.3 Å². The third-order valence-corrected chi connectivity index (χ3v) is 14.6. The van der Waals surface area contributed by atoms with Crippen molar-refractivity contribution >= 4 is 33.8 Å². The average molecular weight is 547 g/mol. The summed E-state index contributed by atoms with van der Waals surface area (Å²) in [6.45, 7) is 9.70. The summed E-state index contributed by atoms with van der Waals surface area (Å²) in [5, 5.41) is 4.08. The lowest BCUT2D eigenvalue weighted by molar-refractivity contribution is -0.117. The second-order valence-electron chi connectivity index (χ2n) is 11.1. The van der Waals surface area contributed by atoms with Crippen molar-refractivity contribution in [3.8, 4) is 11.1 Å². The van der Waals surface area contributed by atoms with Crippen LogP contribution in [0.2, 0.25) is 32.2 Å². The maximum atomic E-state index is 12.5. The molecule has 3 aromatic rings. The third kappa shape index (κ3) is 6.81. The predicted molar refractivity (Wildman–Crippen MR) is 158 cm³/mol. The first kappa shape index (κ1) is 27.8. The summed E-state index contributed by atoms with van der Waals surface area (Å²) in [5.41, 5.74) is 11.1. The van der Waals surface area contributed by atoms with Crippen LogP contribution in [-0.2, 0) is 20.1 Å². The zero-order chi connectivity index (χ0) is 27.3. The number of nitrogens with one attached hydrogen (secondary N) is 1. The standard InChI is InChI=1S/C30H38N2O4Si2/c1-37(2,36-38(3,4)23-12-9-11-22(19-23)20-29(31)33)18-10-17-32-30(34)35-21-28-26-15-7-5-13-24(26)25-14-6-8-16-27(25)28/h5-9,11-16,19,28H,10,17-18,20-21H2,1-4H3,(H2,31,33)(H,32,34). The summed E-state index contributed by atoms with van der Waals surface area (Å²) < 4.78 is 12.4.